The molecule has 2 aromatic carbocycles. The van der Waals surface area contributed by atoms with Gasteiger partial charge in [0.25, 0.3) is 11.8 Å². The zero-order chi connectivity index (χ0) is 49.5. The van der Waals surface area contributed by atoms with Crippen molar-refractivity contribution in [2.24, 2.45) is 7.05 Å². The van der Waals surface area contributed by atoms with Crippen molar-refractivity contribution in [3.63, 3.8) is 0 Å². The van der Waals surface area contributed by atoms with Crippen molar-refractivity contribution in [3.8, 4) is 22.7 Å². The van der Waals surface area contributed by atoms with Gasteiger partial charge in [-0.2, -0.15) is 31.4 Å². The van der Waals surface area contributed by atoms with Gasteiger partial charge in [-0.1, -0.05) is 11.3 Å². The van der Waals surface area contributed by atoms with E-state index >= 15 is 0 Å². The predicted octanol–water partition coefficient (Wildman–Crippen LogP) is 7.88. The van der Waals surface area contributed by atoms with Crippen LogP contribution in [0.25, 0.3) is 28.2 Å². The highest BCUT2D eigenvalue weighted by Gasteiger charge is 2.35. The topological polar surface area (TPSA) is 194 Å². The third-order valence-corrected chi connectivity index (χ3v) is 12.5. The first-order valence-corrected chi connectivity index (χ1v) is 22.1. The minimum Gasteiger partial charge on any atom is -0.496 e. The van der Waals surface area contributed by atoms with E-state index in [0.29, 0.717) is 69.1 Å². The van der Waals surface area contributed by atoms with Gasteiger partial charge < -0.3 is 26.1 Å². The summed E-state index contributed by atoms with van der Waals surface area (Å²) < 4.78 is 91.2. The highest BCUT2D eigenvalue weighted by Crippen LogP contribution is 2.39. The lowest BCUT2D eigenvalue weighted by molar-refractivity contribution is -0.139. The zero-order valence-corrected chi connectivity index (χ0v) is 38.2. The lowest BCUT2D eigenvalue weighted by Crippen LogP contribution is -2.36. The summed E-state index contributed by atoms with van der Waals surface area (Å²) in [5.41, 5.74) is 9.70. The number of hydrazine groups is 2. The number of benzene rings is 2. The van der Waals surface area contributed by atoms with Crippen molar-refractivity contribution in [2.75, 3.05) is 35.8 Å². The van der Waals surface area contributed by atoms with Crippen LogP contribution in [0, 0.1) is 13.8 Å². The second-order valence-corrected chi connectivity index (χ2v) is 17.2. The van der Waals surface area contributed by atoms with Gasteiger partial charge in [-0.05, 0) is 86.5 Å². The highest BCUT2D eigenvalue weighted by molar-refractivity contribution is 7.12. The Bertz CT molecular complexity index is 3230. The largest absolute Gasteiger partial charge is 0.496 e. The van der Waals surface area contributed by atoms with E-state index in [1.807, 2.05) is 13.0 Å². The van der Waals surface area contributed by atoms with E-state index in [2.05, 4.69) is 57.3 Å². The van der Waals surface area contributed by atoms with E-state index in [-0.39, 0.29) is 34.7 Å². The number of nitrogens with one attached hydrogen (secondary N) is 5. The van der Waals surface area contributed by atoms with E-state index < -0.39 is 35.3 Å². The Hall–Kier alpha value is -7.96. The van der Waals surface area contributed by atoms with Crippen molar-refractivity contribution in [3.05, 3.63) is 147 Å². The number of hydrogen-bond donors (Lipinski definition) is 5. The molecule has 5 N–H and O–H groups in total. The minimum absolute atomic E-state index is 0.0338. The Morgan fingerprint density at radius 3 is 2.33 bits per heavy atom. The van der Waals surface area contributed by atoms with Gasteiger partial charge in [0.1, 0.15) is 11.4 Å². The quantitative estimate of drug-likeness (QED) is 0.0744. The normalized spacial score (nSPS) is 14.0. The van der Waals surface area contributed by atoms with Gasteiger partial charge in [0, 0.05) is 67.4 Å². The number of nitrogens with zero attached hydrogens (tertiary/aromatic N) is 9. The number of pyridine rings is 2. The number of methoxy groups -OCH3 is 1. The number of aryl methyl sites for hydroxylation is 2. The summed E-state index contributed by atoms with van der Waals surface area (Å²) in [6.07, 6.45) is 2.47. The maximum atomic E-state index is 14.1. The number of amides is 2. The van der Waals surface area contributed by atoms with Gasteiger partial charge in [-0.15, -0.1) is 22.0 Å². The van der Waals surface area contributed by atoms with Crippen LogP contribution >= 0.6 is 11.3 Å². The Balaban J connectivity index is 0.967. The fourth-order valence-corrected chi connectivity index (χ4v) is 8.55. The van der Waals surface area contributed by atoms with Crippen LogP contribution in [0.1, 0.15) is 70.8 Å². The van der Waals surface area contributed by atoms with Gasteiger partial charge in [0.05, 0.1) is 80.1 Å². The SMILES string of the molecule is COc1ccc(NC(=O)c2cnc(C)c(N3C=C(c4cnc(Cc5ncc(C(=O)Nc6cc(C7=CCNCC7)cc(C(F)(F)F)c6)cc5-n5cc(-c6cnn(C)c6C)nn5)s4)NN3)c2)cc1C(F)(F)F. The molecule has 0 saturated heterocycles. The van der Waals surface area contributed by atoms with Crippen LogP contribution in [-0.2, 0) is 25.8 Å². The first kappa shape index (κ1) is 47.1. The molecule has 7 heterocycles. The van der Waals surface area contributed by atoms with E-state index in [1.165, 1.54) is 52.7 Å². The van der Waals surface area contributed by atoms with Crippen LogP contribution in [0.5, 0.6) is 5.75 Å². The Labute approximate surface area is 398 Å². The van der Waals surface area contributed by atoms with Crippen molar-refractivity contribution in [1.29, 1.82) is 0 Å². The van der Waals surface area contributed by atoms with Crippen molar-refractivity contribution in [2.45, 2.75) is 39.0 Å². The number of anilines is 3. The van der Waals surface area contributed by atoms with Crippen LogP contribution in [0.3, 0.4) is 0 Å². The van der Waals surface area contributed by atoms with Gasteiger partial charge in [-0.25, -0.2) is 9.67 Å². The average molecular weight is 983 g/mol. The summed E-state index contributed by atoms with van der Waals surface area (Å²) in [4.78, 5) is 41.5. The fraction of sp³-hybridized carbons (Fsp3) is 0.217. The molecule has 0 spiro atoms. The summed E-state index contributed by atoms with van der Waals surface area (Å²) in [5, 5.41) is 23.5. The number of ether oxygens (including phenoxy) is 1. The smallest absolute Gasteiger partial charge is 0.420 e. The van der Waals surface area contributed by atoms with Gasteiger partial charge in [0.2, 0.25) is 0 Å². The molecule has 0 unspecified atom stereocenters. The van der Waals surface area contributed by atoms with Gasteiger partial charge >= 0.3 is 12.4 Å². The second-order valence-electron chi connectivity index (χ2n) is 16.1. The lowest BCUT2D eigenvalue weighted by Gasteiger charge is -2.18. The molecule has 7 aromatic rings. The number of halogens is 6. The molecule has 360 valence electrons. The van der Waals surface area contributed by atoms with Crippen molar-refractivity contribution >= 4 is 51.5 Å². The van der Waals surface area contributed by atoms with E-state index in [0.717, 1.165) is 48.2 Å². The number of rotatable bonds is 12. The van der Waals surface area contributed by atoms with E-state index in [9.17, 15) is 35.9 Å². The summed E-state index contributed by atoms with van der Waals surface area (Å²) in [7, 11) is 2.92. The molecule has 0 saturated carbocycles. The Morgan fingerprint density at radius 2 is 1.63 bits per heavy atom. The molecule has 0 radical (unpaired) electrons. The summed E-state index contributed by atoms with van der Waals surface area (Å²) in [5.74, 6) is -1.78. The Kier molecular flexibility index (Phi) is 12.7. The molecular weight excluding hydrogens is 943 g/mol. The second kappa shape index (κ2) is 18.9. The van der Waals surface area contributed by atoms with Crippen molar-refractivity contribution in [1.82, 2.24) is 56.0 Å². The molecule has 70 heavy (non-hydrogen) atoms. The van der Waals surface area contributed by atoms with Crippen molar-refractivity contribution < 1.29 is 40.7 Å². The molecular formula is C46H40F6N14O3S. The molecule has 0 bridgehead atoms. The monoisotopic (exact) mass is 982 g/mol. The van der Waals surface area contributed by atoms with Crippen LogP contribution in [-0.4, -0.2) is 71.7 Å². The number of hydrogen-bond acceptors (Lipinski definition) is 14. The van der Waals surface area contributed by atoms with Crippen LogP contribution in [0.2, 0.25) is 0 Å². The van der Waals surface area contributed by atoms with Crippen LogP contribution in [0.4, 0.5) is 43.4 Å². The number of thiazole rings is 1. The van der Waals surface area contributed by atoms with Crippen LogP contribution < -0.4 is 36.7 Å². The van der Waals surface area contributed by atoms with Crippen LogP contribution in [0.15, 0.2) is 91.8 Å². The van der Waals surface area contributed by atoms with Gasteiger partial charge in [0.15, 0.2) is 0 Å². The molecule has 24 heteroatoms. The van der Waals surface area contributed by atoms with E-state index in [4.69, 9.17) is 4.74 Å². The standard InChI is InChI=1S/C46H40F6N14O3S/c1-24-38(13-28(18-54-24)43(67)58-31-5-6-40(69-4)34(16-31)46(50,51)52)65-23-37(61-63-65)41-21-56-42(70-41)17-35-39(66-22-36(60-62-66)33-20-57-64(3)25(33)2)14-29(19-55-35)44(68)59-32-12-27(26-7-9-53-10-8-26)11-30(15-32)45(47,48)49/h5-7,11-16,18-23,53,61,63H,8-10,17H2,1-4H3,(H,58,67)(H,59,68). The summed E-state index contributed by atoms with van der Waals surface area (Å²) in [6, 6.07) is 9.79. The number of aromatic nitrogens is 8. The molecule has 5 aromatic heterocycles. The summed E-state index contributed by atoms with van der Waals surface area (Å²) in [6.45, 7) is 4.72. The maximum Gasteiger partial charge on any atom is 0.420 e. The molecule has 0 fully saturated rings. The third-order valence-electron chi connectivity index (χ3n) is 11.5. The third kappa shape index (κ3) is 9.95. The fourth-order valence-electron chi connectivity index (χ4n) is 7.66. The molecule has 0 atom stereocenters. The molecule has 2 aliphatic heterocycles. The molecule has 9 rings (SSSR count). The highest BCUT2D eigenvalue weighted by atomic mass is 32.1. The maximum absolute atomic E-state index is 14.1. The molecule has 2 aliphatic rings. The Morgan fingerprint density at radius 1 is 0.871 bits per heavy atom. The zero-order valence-electron chi connectivity index (χ0n) is 37.4. The predicted molar refractivity (Wildman–Crippen MR) is 248 cm³/mol. The molecule has 0 aliphatic carbocycles. The first-order chi connectivity index (χ1) is 33.4. The van der Waals surface area contributed by atoms with Gasteiger partial charge in [-0.3, -0.25) is 29.2 Å². The molecule has 2 amide bonds. The number of carbonyl (C=O) groups excluding carboxylic acids is 2. The first-order valence-electron chi connectivity index (χ1n) is 21.3. The number of alkyl halides is 6. The molecule has 17 nitrogen and oxygen atoms in total. The minimum atomic E-state index is -4.71. The number of carbonyl (C=O) groups is 2. The lowest BCUT2D eigenvalue weighted by atomic mass is 9.97. The summed E-state index contributed by atoms with van der Waals surface area (Å²) >= 11 is 1.33. The van der Waals surface area contributed by atoms with E-state index in [1.54, 1.807) is 48.5 Å². The average Bonchev–Trinajstić information content (AvgIpc) is 4.18.